The Bertz CT molecular complexity index is 783. The highest BCUT2D eigenvalue weighted by Crippen LogP contribution is 2.30. The molecule has 0 saturated carbocycles. The zero-order valence-electron chi connectivity index (χ0n) is 12.4. The van der Waals surface area contributed by atoms with Crippen LogP contribution < -0.4 is 5.32 Å². The van der Waals surface area contributed by atoms with Gasteiger partial charge in [0.1, 0.15) is 0 Å². The Balaban J connectivity index is 1.66. The molecule has 2 aromatic carbocycles. The van der Waals surface area contributed by atoms with Gasteiger partial charge in [-0.05, 0) is 35.6 Å². The molecule has 116 valence electrons. The number of nitro groups is 1. The Morgan fingerprint density at radius 2 is 2.04 bits per heavy atom. The highest BCUT2D eigenvalue weighted by molar-refractivity contribution is 5.92. The van der Waals surface area contributed by atoms with Crippen LogP contribution in [0.15, 0.2) is 54.6 Å². The van der Waals surface area contributed by atoms with Crippen molar-refractivity contribution in [3.63, 3.8) is 0 Å². The molecule has 0 aromatic heterocycles. The molecule has 5 nitrogen and oxygen atoms in total. The van der Waals surface area contributed by atoms with Crippen LogP contribution in [0.4, 0.5) is 5.69 Å². The van der Waals surface area contributed by atoms with Gasteiger partial charge >= 0.3 is 0 Å². The van der Waals surface area contributed by atoms with Gasteiger partial charge in [-0.15, -0.1) is 0 Å². The smallest absolute Gasteiger partial charge is 0.270 e. The second-order valence-corrected chi connectivity index (χ2v) is 5.48. The number of carbonyl (C=O) groups excluding carboxylic acids is 1. The van der Waals surface area contributed by atoms with Gasteiger partial charge in [0.25, 0.3) is 5.69 Å². The number of hydrogen-bond acceptors (Lipinski definition) is 3. The van der Waals surface area contributed by atoms with Crippen molar-refractivity contribution in [1.82, 2.24) is 5.32 Å². The lowest BCUT2D eigenvalue weighted by Crippen LogP contribution is -2.25. The number of rotatable bonds is 4. The van der Waals surface area contributed by atoms with E-state index in [1.165, 1.54) is 29.3 Å². The molecule has 0 radical (unpaired) electrons. The van der Waals surface area contributed by atoms with Gasteiger partial charge in [-0.2, -0.15) is 0 Å². The average Bonchev–Trinajstić information content (AvgIpc) is 2.96. The Hall–Kier alpha value is -2.95. The first-order valence-corrected chi connectivity index (χ1v) is 7.44. The number of benzene rings is 2. The van der Waals surface area contributed by atoms with E-state index in [0.717, 1.165) is 12.8 Å². The van der Waals surface area contributed by atoms with Gasteiger partial charge in [0, 0.05) is 18.2 Å². The first-order valence-electron chi connectivity index (χ1n) is 7.44. The number of amides is 1. The molecule has 1 amide bonds. The third kappa shape index (κ3) is 3.45. The summed E-state index contributed by atoms with van der Waals surface area (Å²) in [7, 11) is 0. The normalized spacial score (nSPS) is 16.3. The number of nitrogens with zero attached hydrogens (tertiary/aromatic N) is 1. The average molecular weight is 308 g/mol. The molecule has 0 heterocycles. The second kappa shape index (κ2) is 6.44. The molecule has 0 bridgehead atoms. The summed E-state index contributed by atoms with van der Waals surface area (Å²) in [6.07, 6.45) is 4.87. The van der Waals surface area contributed by atoms with Crippen molar-refractivity contribution < 1.29 is 9.72 Å². The van der Waals surface area contributed by atoms with Crippen molar-refractivity contribution in [2.45, 2.75) is 18.9 Å². The number of fused-ring (bicyclic) bond motifs is 1. The van der Waals surface area contributed by atoms with Crippen molar-refractivity contribution in [2.24, 2.45) is 0 Å². The van der Waals surface area contributed by atoms with E-state index in [9.17, 15) is 14.9 Å². The number of non-ortho nitro benzene ring substituents is 1. The second-order valence-electron chi connectivity index (χ2n) is 5.48. The minimum absolute atomic E-state index is 0.0114. The van der Waals surface area contributed by atoms with Crippen LogP contribution in [-0.4, -0.2) is 10.8 Å². The van der Waals surface area contributed by atoms with Crippen LogP contribution in [0.2, 0.25) is 0 Å². The van der Waals surface area contributed by atoms with Crippen molar-refractivity contribution in [1.29, 1.82) is 0 Å². The Morgan fingerprint density at radius 3 is 2.87 bits per heavy atom. The maximum atomic E-state index is 12.1. The molecule has 1 aliphatic rings. The van der Waals surface area contributed by atoms with Gasteiger partial charge in [0.15, 0.2) is 0 Å². The molecule has 2 aromatic rings. The minimum atomic E-state index is -0.452. The third-order valence-electron chi connectivity index (χ3n) is 3.96. The molecule has 0 fully saturated rings. The molecular weight excluding hydrogens is 292 g/mol. The number of aryl methyl sites for hydroxylation is 1. The molecule has 1 unspecified atom stereocenters. The summed E-state index contributed by atoms with van der Waals surface area (Å²) in [6, 6.07) is 14.3. The van der Waals surface area contributed by atoms with E-state index >= 15 is 0 Å². The van der Waals surface area contributed by atoms with E-state index in [0.29, 0.717) is 5.56 Å². The maximum Gasteiger partial charge on any atom is 0.270 e. The monoisotopic (exact) mass is 308 g/mol. The molecule has 1 aliphatic carbocycles. The summed E-state index contributed by atoms with van der Waals surface area (Å²) in [4.78, 5) is 22.4. The largest absolute Gasteiger partial charge is 0.346 e. The summed E-state index contributed by atoms with van der Waals surface area (Å²) >= 11 is 0. The van der Waals surface area contributed by atoms with Crippen molar-refractivity contribution in [3.8, 4) is 0 Å². The summed E-state index contributed by atoms with van der Waals surface area (Å²) in [5.74, 6) is -0.196. The summed E-state index contributed by atoms with van der Waals surface area (Å²) in [5.41, 5.74) is 3.09. The van der Waals surface area contributed by atoms with Crippen LogP contribution >= 0.6 is 0 Å². The summed E-state index contributed by atoms with van der Waals surface area (Å²) in [6.45, 7) is 0. The van der Waals surface area contributed by atoms with E-state index in [1.54, 1.807) is 18.2 Å². The molecule has 1 atom stereocenters. The molecule has 23 heavy (non-hydrogen) atoms. The highest BCUT2D eigenvalue weighted by Gasteiger charge is 2.22. The van der Waals surface area contributed by atoms with Crippen molar-refractivity contribution in [2.75, 3.05) is 0 Å². The highest BCUT2D eigenvalue weighted by atomic mass is 16.6. The van der Waals surface area contributed by atoms with Crippen LogP contribution in [0.25, 0.3) is 6.08 Å². The molecular formula is C18H16N2O3. The van der Waals surface area contributed by atoms with Gasteiger partial charge < -0.3 is 5.32 Å². The predicted molar refractivity (Wildman–Crippen MR) is 87.8 cm³/mol. The van der Waals surface area contributed by atoms with Gasteiger partial charge in [0.2, 0.25) is 5.91 Å². The number of nitro benzene ring substituents is 1. The van der Waals surface area contributed by atoms with Gasteiger partial charge in [-0.3, -0.25) is 14.9 Å². The standard InChI is InChI=1S/C18H16N2O3/c21-18(11-8-13-4-3-6-15(12-13)20(22)23)19-17-10-9-14-5-1-2-7-16(14)17/h1-8,11-12,17H,9-10H2,(H,19,21)/b11-8+. The van der Waals surface area contributed by atoms with Crippen LogP contribution in [-0.2, 0) is 11.2 Å². The fourth-order valence-electron chi connectivity index (χ4n) is 2.84. The van der Waals surface area contributed by atoms with E-state index < -0.39 is 4.92 Å². The number of nitrogens with one attached hydrogen (secondary N) is 1. The van der Waals surface area contributed by atoms with Crippen molar-refractivity contribution >= 4 is 17.7 Å². The van der Waals surface area contributed by atoms with Gasteiger partial charge in [0.05, 0.1) is 11.0 Å². The first-order chi connectivity index (χ1) is 11.1. The Kier molecular flexibility index (Phi) is 4.19. The summed E-state index contributed by atoms with van der Waals surface area (Å²) in [5, 5.41) is 13.7. The molecule has 0 saturated heterocycles. The SMILES string of the molecule is O=C(/C=C/c1cccc([N+](=O)[O-])c1)NC1CCc2ccccc21. The topological polar surface area (TPSA) is 72.2 Å². The zero-order chi connectivity index (χ0) is 16.2. The Labute approximate surface area is 133 Å². The van der Waals surface area contributed by atoms with E-state index in [-0.39, 0.29) is 17.6 Å². The van der Waals surface area contributed by atoms with Crippen LogP contribution in [0, 0.1) is 10.1 Å². The molecule has 5 heteroatoms. The fourth-order valence-corrected chi connectivity index (χ4v) is 2.84. The lowest BCUT2D eigenvalue weighted by molar-refractivity contribution is -0.384. The van der Waals surface area contributed by atoms with E-state index in [4.69, 9.17) is 0 Å². The number of hydrogen-bond donors (Lipinski definition) is 1. The van der Waals surface area contributed by atoms with E-state index in [1.807, 2.05) is 18.2 Å². The first kappa shape index (κ1) is 15.0. The van der Waals surface area contributed by atoms with E-state index in [2.05, 4.69) is 11.4 Å². The molecule has 0 aliphatic heterocycles. The van der Waals surface area contributed by atoms with Crippen LogP contribution in [0.5, 0.6) is 0 Å². The lowest BCUT2D eigenvalue weighted by atomic mass is 10.1. The third-order valence-corrected chi connectivity index (χ3v) is 3.96. The molecule has 0 spiro atoms. The van der Waals surface area contributed by atoms with Crippen molar-refractivity contribution in [3.05, 3.63) is 81.4 Å². The quantitative estimate of drug-likeness (QED) is 0.534. The fraction of sp³-hybridized carbons (Fsp3) is 0.167. The van der Waals surface area contributed by atoms with Gasteiger partial charge in [-0.1, -0.05) is 36.4 Å². The van der Waals surface area contributed by atoms with Crippen LogP contribution in [0.3, 0.4) is 0 Å². The predicted octanol–water partition coefficient (Wildman–Crippen LogP) is 3.41. The van der Waals surface area contributed by atoms with Crippen LogP contribution in [0.1, 0.15) is 29.2 Å². The maximum absolute atomic E-state index is 12.1. The number of carbonyl (C=O) groups is 1. The molecule has 3 rings (SSSR count). The Morgan fingerprint density at radius 1 is 1.22 bits per heavy atom. The van der Waals surface area contributed by atoms with Gasteiger partial charge in [-0.25, -0.2) is 0 Å². The summed E-state index contributed by atoms with van der Waals surface area (Å²) < 4.78 is 0. The molecule has 1 N–H and O–H groups in total. The minimum Gasteiger partial charge on any atom is -0.346 e. The zero-order valence-corrected chi connectivity index (χ0v) is 12.4. The lowest BCUT2D eigenvalue weighted by Gasteiger charge is -2.12.